The van der Waals surface area contributed by atoms with Gasteiger partial charge in [-0.1, -0.05) is 12.1 Å². The molecule has 7 heteroatoms. The summed E-state index contributed by atoms with van der Waals surface area (Å²) in [6, 6.07) is 12.8. The average molecular weight is 384 g/mol. The third-order valence-corrected chi connectivity index (χ3v) is 4.49. The van der Waals surface area contributed by atoms with Crippen LogP contribution in [0.2, 0.25) is 0 Å². The maximum absolute atomic E-state index is 12.5. The molecule has 2 aromatic rings. The SMILES string of the molecule is CCN(CC(=O)Nc1cccc(OC)c1)C(=O)CCc1ccc2c(c1)OCO2. The number of nitrogens with one attached hydrogen (secondary N) is 1. The minimum Gasteiger partial charge on any atom is -0.497 e. The zero-order valence-electron chi connectivity index (χ0n) is 16.1. The average Bonchev–Trinajstić information content (AvgIpc) is 3.18. The largest absolute Gasteiger partial charge is 0.497 e. The molecule has 0 saturated carbocycles. The number of benzene rings is 2. The molecule has 7 nitrogen and oxygen atoms in total. The number of carbonyl (C=O) groups is 2. The van der Waals surface area contributed by atoms with Crippen LogP contribution in [0.4, 0.5) is 5.69 Å². The Morgan fingerprint density at radius 1 is 1.14 bits per heavy atom. The molecule has 0 bridgehead atoms. The van der Waals surface area contributed by atoms with E-state index in [1.54, 1.807) is 36.3 Å². The fourth-order valence-corrected chi connectivity index (χ4v) is 2.96. The van der Waals surface area contributed by atoms with E-state index in [0.29, 0.717) is 36.6 Å². The molecule has 0 radical (unpaired) electrons. The molecular weight excluding hydrogens is 360 g/mol. The number of aryl methyl sites for hydroxylation is 1. The van der Waals surface area contributed by atoms with Crippen molar-refractivity contribution < 1.29 is 23.8 Å². The molecule has 0 fully saturated rings. The number of anilines is 1. The normalized spacial score (nSPS) is 11.8. The zero-order valence-corrected chi connectivity index (χ0v) is 16.1. The number of likely N-dealkylation sites (N-methyl/N-ethyl adjacent to an activating group) is 1. The van der Waals surface area contributed by atoms with Crippen LogP contribution >= 0.6 is 0 Å². The Labute approximate surface area is 164 Å². The molecule has 1 aliphatic heterocycles. The first-order chi connectivity index (χ1) is 13.6. The Bertz CT molecular complexity index is 852. The summed E-state index contributed by atoms with van der Waals surface area (Å²) in [6.45, 7) is 2.56. The lowest BCUT2D eigenvalue weighted by molar-refractivity contribution is -0.134. The second-order valence-electron chi connectivity index (χ2n) is 6.38. The minimum atomic E-state index is -0.244. The standard InChI is InChI=1S/C21H24N2O5/c1-3-23(13-20(24)22-16-5-4-6-17(12-16)26-2)21(25)10-8-15-7-9-18-19(11-15)28-14-27-18/h4-7,9,11-12H,3,8,10,13-14H2,1-2H3,(H,22,24). The summed E-state index contributed by atoms with van der Waals surface area (Å²) < 4.78 is 15.8. The molecule has 1 heterocycles. The summed E-state index contributed by atoms with van der Waals surface area (Å²) in [6.07, 6.45) is 0.892. The number of hydrogen-bond donors (Lipinski definition) is 1. The van der Waals surface area contributed by atoms with E-state index in [9.17, 15) is 9.59 Å². The highest BCUT2D eigenvalue weighted by molar-refractivity contribution is 5.94. The number of amides is 2. The number of hydrogen-bond acceptors (Lipinski definition) is 5. The third-order valence-electron chi connectivity index (χ3n) is 4.49. The Morgan fingerprint density at radius 3 is 2.75 bits per heavy atom. The van der Waals surface area contributed by atoms with Crippen molar-refractivity contribution in [1.82, 2.24) is 4.90 Å². The van der Waals surface area contributed by atoms with Gasteiger partial charge in [0.1, 0.15) is 5.75 Å². The van der Waals surface area contributed by atoms with E-state index >= 15 is 0 Å². The number of nitrogens with zero attached hydrogens (tertiary/aromatic N) is 1. The highest BCUT2D eigenvalue weighted by Gasteiger charge is 2.17. The van der Waals surface area contributed by atoms with Gasteiger partial charge in [0.25, 0.3) is 0 Å². The molecule has 0 spiro atoms. The molecule has 2 aromatic carbocycles. The maximum Gasteiger partial charge on any atom is 0.243 e. The Balaban J connectivity index is 1.52. The van der Waals surface area contributed by atoms with E-state index in [1.165, 1.54) is 0 Å². The number of carbonyl (C=O) groups excluding carboxylic acids is 2. The lowest BCUT2D eigenvalue weighted by Gasteiger charge is -2.20. The van der Waals surface area contributed by atoms with Crippen molar-refractivity contribution in [3.63, 3.8) is 0 Å². The predicted octanol–water partition coefficient (Wildman–Crippen LogP) is 2.84. The van der Waals surface area contributed by atoms with Gasteiger partial charge in [-0.3, -0.25) is 9.59 Å². The van der Waals surface area contributed by atoms with Gasteiger partial charge in [0.2, 0.25) is 18.6 Å². The number of ether oxygens (including phenoxy) is 3. The van der Waals surface area contributed by atoms with E-state index in [4.69, 9.17) is 14.2 Å². The first-order valence-electron chi connectivity index (χ1n) is 9.19. The van der Waals surface area contributed by atoms with Crippen molar-refractivity contribution in [1.29, 1.82) is 0 Å². The first kappa shape index (κ1) is 19.5. The monoisotopic (exact) mass is 384 g/mol. The number of fused-ring (bicyclic) bond motifs is 1. The number of rotatable bonds is 8. The van der Waals surface area contributed by atoms with E-state index < -0.39 is 0 Å². The number of methoxy groups -OCH3 is 1. The summed E-state index contributed by atoms with van der Waals surface area (Å²) in [5, 5.41) is 2.80. The molecule has 0 aliphatic carbocycles. The highest BCUT2D eigenvalue weighted by atomic mass is 16.7. The van der Waals surface area contributed by atoms with Gasteiger partial charge in [-0.25, -0.2) is 0 Å². The molecular formula is C21H24N2O5. The molecule has 3 rings (SSSR count). The van der Waals surface area contributed by atoms with Crippen LogP contribution in [0.15, 0.2) is 42.5 Å². The van der Waals surface area contributed by atoms with Crippen molar-refractivity contribution in [2.45, 2.75) is 19.8 Å². The Morgan fingerprint density at radius 2 is 1.96 bits per heavy atom. The van der Waals surface area contributed by atoms with Crippen LogP contribution in [0.3, 0.4) is 0 Å². The van der Waals surface area contributed by atoms with Gasteiger partial charge in [0.15, 0.2) is 11.5 Å². The van der Waals surface area contributed by atoms with Crippen molar-refractivity contribution in [3.05, 3.63) is 48.0 Å². The molecule has 1 aliphatic rings. The van der Waals surface area contributed by atoms with Gasteiger partial charge in [-0.15, -0.1) is 0 Å². The van der Waals surface area contributed by atoms with Gasteiger partial charge < -0.3 is 24.4 Å². The third kappa shape index (κ3) is 4.94. The summed E-state index contributed by atoms with van der Waals surface area (Å²) >= 11 is 0. The van der Waals surface area contributed by atoms with Gasteiger partial charge in [0, 0.05) is 24.7 Å². The van der Waals surface area contributed by atoms with Crippen LogP contribution in [0.25, 0.3) is 0 Å². The molecule has 148 valence electrons. The Hall–Kier alpha value is -3.22. The van der Waals surface area contributed by atoms with Crippen molar-refractivity contribution in [2.75, 3.05) is 32.3 Å². The summed E-state index contributed by atoms with van der Waals surface area (Å²) in [5.74, 6) is 1.77. The molecule has 0 atom stereocenters. The van der Waals surface area contributed by atoms with Gasteiger partial charge in [0.05, 0.1) is 13.7 Å². The molecule has 0 saturated heterocycles. The summed E-state index contributed by atoms with van der Waals surface area (Å²) in [4.78, 5) is 26.4. The lowest BCUT2D eigenvalue weighted by Crippen LogP contribution is -2.38. The molecule has 28 heavy (non-hydrogen) atoms. The molecule has 2 amide bonds. The first-order valence-corrected chi connectivity index (χ1v) is 9.19. The van der Waals surface area contributed by atoms with E-state index in [-0.39, 0.29) is 25.2 Å². The van der Waals surface area contributed by atoms with Crippen LogP contribution < -0.4 is 19.5 Å². The van der Waals surface area contributed by atoms with E-state index in [2.05, 4.69) is 5.32 Å². The van der Waals surface area contributed by atoms with Crippen LogP contribution in [0, 0.1) is 0 Å². The quantitative estimate of drug-likeness (QED) is 0.757. The maximum atomic E-state index is 12.5. The van der Waals surface area contributed by atoms with Gasteiger partial charge in [-0.05, 0) is 43.2 Å². The second-order valence-corrected chi connectivity index (χ2v) is 6.38. The minimum absolute atomic E-state index is 0.00762. The van der Waals surface area contributed by atoms with Crippen molar-refractivity contribution in [2.24, 2.45) is 0 Å². The zero-order chi connectivity index (χ0) is 19.9. The molecule has 1 N–H and O–H groups in total. The smallest absolute Gasteiger partial charge is 0.243 e. The fourth-order valence-electron chi connectivity index (χ4n) is 2.96. The molecule has 0 unspecified atom stereocenters. The van der Waals surface area contributed by atoms with Crippen molar-refractivity contribution >= 4 is 17.5 Å². The van der Waals surface area contributed by atoms with Crippen LogP contribution in [0.5, 0.6) is 17.2 Å². The summed E-state index contributed by atoms with van der Waals surface area (Å²) in [7, 11) is 1.57. The Kier molecular flexibility index (Phi) is 6.37. The second kappa shape index (κ2) is 9.12. The predicted molar refractivity (Wildman–Crippen MR) is 105 cm³/mol. The highest BCUT2D eigenvalue weighted by Crippen LogP contribution is 2.32. The van der Waals surface area contributed by atoms with Crippen LogP contribution in [0.1, 0.15) is 18.9 Å². The fraction of sp³-hybridized carbons (Fsp3) is 0.333. The lowest BCUT2D eigenvalue weighted by atomic mass is 10.1. The van der Waals surface area contributed by atoms with E-state index in [0.717, 1.165) is 11.3 Å². The molecule has 0 aromatic heterocycles. The topological polar surface area (TPSA) is 77.1 Å². The van der Waals surface area contributed by atoms with E-state index in [1.807, 2.05) is 25.1 Å². The summed E-state index contributed by atoms with van der Waals surface area (Å²) in [5.41, 5.74) is 1.63. The van der Waals surface area contributed by atoms with Crippen molar-refractivity contribution in [3.8, 4) is 17.2 Å². The van der Waals surface area contributed by atoms with Crippen LogP contribution in [-0.2, 0) is 16.0 Å². The van der Waals surface area contributed by atoms with Gasteiger partial charge in [-0.2, -0.15) is 0 Å². The van der Waals surface area contributed by atoms with Gasteiger partial charge >= 0.3 is 0 Å². The van der Waals surface area contributed by atoms with Crippen LogP contribution in [-0.4, -0.2) is 43.7 Å².